The largest absolute Gasteiger partial charge is 0.367 e. The van der Waals surface area contributed by atoms with Crippen LogP contribution in [0.1, 0.15) is 39.0 Å². The summed E-state index contributed by atoms with van der Waals surface area (Å²) in [4.78, 5) is 46.5. The van der Waals surface area contributed by atoms with E-state index in [2.05, 4.69) is 9.68 Å². The van der Waals surface area contributed by atoms with Gasteiger partial charge in [-0.25, -0.2) is 0 Å². The van der Waals surface area contributed by atoms with Gasteiger partial charge in [0.2, 0.25) is 0 Å². The minimum absolute atomic E-state index is 0.110. The zero-order valence-electron chi connectivity index (χ0n) is 12.3. The zero-order chi connectivity index (χ0) is 16.6. The number of carbonyl (C=O) groups excluding carboxylic acids is 1. The Kier molecular flexibility index (Phi) is 6.76. The highest BCUT2D eigenvalue weighted by atomic mass is 17.0. The van der Waals surface area contributed by atoms with Gasteiger partial charge in [0.25, 0.3) is 10.2 Å². The molecule has 1 aliphatic rings. The molecule has 1 rings (SSSR count). The van der Waals surface area contributed by atoms with E-state index in [1.54, 1.807) is 6.92 Å². The summed E-state index contributed by atoms with van der Waals surface area (Å²) < 4.78 is 0. The molecule has 11 heteroatoms. The van der Waals surface area contributed by atoms with E-state index in [0.29, 0.717) is 25.8 Å². The SMILES string of the molecule is CCC(=O)ON1CCCCCC1(CO[N+](=O)[O-])CO[N+](=O)[O-]. The average Bonchev–Trinajstić information content (AvgIpc) is 2.66. The molecule has 0 aromatic carbocycles. The lowest BCUT2D eigenvalue weighted by Crippen LogP contribution is -2.56. The molecule has 0 aromatic rings. The van der Waals surface area contributed by atoms with Crippen LogP contribution in [0.5, 0.6) is 0 Å². The van der Waals surface area contributed by atoms with Crippen molar-refractivity contribution in [2.75, 3.05) is 19.8 Å². The summed E-state index contributed by atoms with van der Waals surface area (Å²) in [5.74, 6) is -0.534. The first kappa shape index (κ1) is 17.9. The third kappa shape index (κ3) is 5.31. The molecule has 1 saturated heterocycles. The summed E-state index contributed by atoms with van der Waals surface area (Å²) >= 11 is 0. The van der Waals surface area contributed by atoms with E-state index in [0.717, 1.165) is 6.42 Å². The first-order chi connectivity index (χ1) is 10.4. The molecule has 11 nitrogen and oxygen atoms in total. The Morgan fingerprint density at radius 3 is 2.23 bits per heavy atom. The number of rotatable bonds is 8. The number of hydrogen-bond acceptors (Lipinski definition) is 9. The molecule has 0 saturated carbocycles. The normalized spacial score (nSPS) is 18.0. The summed E-state index contributed by atoms with van der Waals surface area (Å²) in [6.07, 6.45) is 2.57. The van der Waals surface area contributed by atoms with Gasteiger partial charge in [-0.2, -0.15) is 0 Å². The fourth-order valence-corrected chi connectivity index (χ4v) is 2.25. The van der Waals surface area contributed by atoms with Crippen LogP contribution in [0.15, 0.2) is 0 Å². The maximum atomic E-state index is 11.5. The molecule has 0 spiro atoms. The molecule has 0 atom stereocenters. The van der Waals surface area contributed by atoms with Crippen molar-refractivity contribution >= 4 is 5.97 Å². The van der Waals surface area contributed by atoms with Crippen LogP contribution in [0.25, 0.3) is 0 Å². The van der Waals surface area contributed by atoms with E-state index < -0.39 is 34.9 Å². The molecule has 22 heavy (non-hydrogen) atoms. The Balaban J connectivity index is 2.97. The molecule has 0 radical (unpaired) electrons. The molecule has 1 aliphatic heterocycles. The number of hydrogen-bond donors (Lipinski definition) is 0. The highest BCUT2D eigenvalue weighted by Crippen LogP contribution is 2.29. The summed E-state index contributed by atoms with van der Waals surface area (Å²) in [5.41, 5.74) is -1.26. The van der Waals surface area contributed by atoms with Gasteiger partial charge in [0, 0.05) is 13.0 Å². The lowest BCUT2D eigenvalue weighted by Gasteiger charge is -2.39. The fraction of sp³-hybridized carbons (Fsp3) is 0.909. The van der Waals surface area contributed by atoms with Gasteiger partial charge in [-0.05, 0) is 12.8 Å². The Labute approximate surface area is 126 Å². The molecular formula is C11H19N3O8. The highest BCUT2D eigenvalue weighted by molar-refractivity contribution is 5.68. The van der Waals surface area contributed by atoms with E-state index in [1.165, 1.54) is 5.06 Å². The molecule has 1 heterocycles. The smallest absolute Gasteiger partial charge is 0.324 e. The highest BCUT2D eigenvalue weighted by Gasteiger charge is 2.43. The van der Waals surface area contributed by atoms with Crippen LogP contribution in [0.4, 0.5) is 0 Å². The van der Waals surface area contributed by atoms with Gasteiger partial charge >= 0.3 is 5.97 Å². The third-order valence-electron chi connectivity index (χ3n) is 3.41. The van der Waals surface area contributed by atoms with Crippen LogP contribution in [0.3, 0.4) is 0 Å². The van der Waals surface area contributed by atoms with Crippen LogP contribution in [0.2, 0.25) is 0 Å². The molecule has 1 fully saturated rings. The fourth-order valence-electron chi connectivity index (χ4n) is 2.25. The van der Waals surface area contributed by atoms with Gasteiger partial charge in [-0.15, -0.1) is 25.3 Å². The van der Waals surface area contributed by atoms with Crippen LogP contribution in [-0.2, 0) is 19.3 Å². The van der Waals surface area contributed by atoms with E-state index in [-0.39, 0.29) is 6.42 Å². The van der Waals surface area contributed by atoms with Crippen LogP contribution >= 0.6 is 0 Å². The van der Waals surface area contributed by atoms with Gasteiger partial charge < -0.3 is 14.5 Å². The Morgan fingerprint density at radius 1 is 1.14 bits per heavy atom. The first-order valence-corrected chi connectivity index (χ1v) is 6.92. The van der Waals surface area contributed by atoms with Gasteiger partial charge in [0.15, 0.2) is 0 Å². The zero-order valence-corrected chi connectivity index (χ0v) is 12.3. The monoisotopic (exact) mass is 321 g/mol. The van der Waals surface area contributed by atoms with Gasteiger partial charge in [0.05, 0.1) is 0 Å². The number of nitrogens with zero attached hydrogens (tertiary/aromatic N) is 3. The van der Waals surface area contributed by atoms with Crippen LogP contribution < -0.4 is 0 Å². The predicted octanol–water partition coefficient (Wildman–Crippen LogP) is 0.886. The van der Waals surface area contributed by atoms with Crippen molar-refractivity contribution in [3.63, 3.8) is 0 Å². The van der Waals surface area contributed by atoms with Crippen LogP contribution in [-0.4, -0.2) is 46.5 Å². The molecule has 0 aliphatic carbocycles. The maximum absolute atomic E-state index is 11.5. The van der Waals surface area contributed by atoms with Crippen molar-refractivity contribution in [2.24, 2.45) is 0 Å². The molecular weight excluding hydrogens is 302 g/mol. The molecule has 0 aromatic heterocycles. The summed E-state index contributed by atoms with van der Waals surface area (Å²) in [6.45, 7) is 0.937. The summed E-state index contributed by atoms with van der Waals surface area (Å²) in [7, 11) is 0. The van der Waals surface area contributed by atoms with E-state index in [1.807, 2.05) is 0 Å². The summed E-state index contributed by atoms with van der Waals surface area (Å²) in [5, 5.41) is 20.2. The van der Waals surface area contributed by atoms with E-state index in [4.69, 9.17) is 4.84 Å². The molecule has 126 valence electrons. The topological polar surface area (TPSA) is 134 Å². The van der Waals surface area contributed by atoms with Crippen molar-refractivity contribution in [1.82, 2.24) is 5.06 Å². The molecule has 0 unspecified atom stereocenters. The second-order valence-corrected chi connectivity index (χ2v) is 4.95. The van der Waals surface area contributed by atoms with Crippen molar-refractivity contribution in [1.29, 1.82) is 0 Å². The second-order valence-electron chi connectivity index (χ2n) is 4.95. The van der Waals surface area contributed by atoms with Gasteiger partial charge in [0.1, 0.15) is 18.8 Å². The standard InChI is InChI=1S/C11H19N3O8/c1-2-10(15)22-12-7-5-3-4-6-11(12,8-20-13(16)17)9-21-14(18)19/h2-9H2,1H3. The molecule has 0 amide bonds. The van der Waals surface area contributed by atoms with Crippen molar-refractivity contribution in [3.05, 3.63) is 20.2 Å². The van der Waals surface area contributed by atoms with E-state index >= 15 is 0 Å². The predicted molar refractivity (Wildman–Crippen MR) is 70.2 cm³/mol. The molecule has 0 bridgehead atoms. The third-order valence-corrected chi connectivity index (χ3v) is 3.41. The lowest BCUT2D eigenvalue weighted by molar-refractivity contribution is -0.771. The number of hydroxylamine groups is 2. The minimum Gasteiger partial charge on any atom is -0.367 e. The Bertz CT molecular complexity index is 398. The maximum Gasteiger partial charge on any atom is 0.324 e. The van der Waals surface area contributed by atoms with Crippen molar-refractivity contribution in [3.8, 4) is 0 Å². The van der Waals surface area contributed by atoms with Crippen molar-refractivity contribution < 1.29 is 29.5 Å². The van der Waals surface area contributed by atoms with E-state index in [9.17, 15) is 25.0 Å². The van der Waals surface area contributed by atoms with Gasteiger partial charge in [-0.3, -0.25) is 4.79 Å². The Morgan fingerprint density at radius 2 is 1.73 bits per heavy atom. The molecule has 0 N–H and O–H groups in total. The van der Waals surface area contributed by atoms with Crippen molar-refractivity contribution in [2.45, 2.75) is 44.6 Å². The second kappa shape index (κ2) is 8.32. The van der Waals surface area contributed by atoms with Gasteiger partial charge in [-0.1, -0.05) is 19.8 Å². The average molecular weight is 321 g/mol. The summed E-state index contributed by atoms with van der Waals surface area (Å²) in [6, 6.07) is 0. The number of carbonyl (C=O) groups is 1. The quantitative estimate of drug-likeness (QED) is 0.471. The lowest BCUT2D eigenvalue weighted by atomic mass is 9.95. The Hall–Kier alpha value is -2.17. The minimum atomic E-state index is -1.26. The van der Waals surface area contributed by atoms with Crippen LogP contribution in [0, 0.1) is 20.2 Å². The first-order valence-electron chi connectivity index (χ1n) is 6.92.